The van der Waals surface area contributed by atoms with E-state index in [1.54, 1.807) is 0 Å². The van der Waals surface area contributed by atoms with Gasteiger partial charge in [0.05, 0.1) is 6.54 Å². The van der Waals surface area contributed by atoms with Gasteiger partial charge in [-0.15, -0.1) is 0 Å². The largest absolute Gasteiger partial charge is 0.320 e. The second-order valence-electron chi connectivity index (χ2n) is 4.43. The van der Waals surface area contributed by atoms with E-state index in [1.807, 2.05) is 0 Å². The highest BCUT2D eigenvalue weighted by atomic mass is 15.1. The summed E-state index contributed by atoms with van der Waals surface area (Å²) in [5.41, 5.74) is 7.75. The van der Waals surface area contributed by atoms with Crippen LogP contribution in [0.2, 0.25) is 0 Å². The smallest absolute Gasteiger partial charge is 0.0555 e. The van der Waals surface area contributed by atoms with Crippen molar-refractivity contribution in [3.05, 3.63) is 35.4 Å². The van der Waals surface area contributed by atoms with E-state index in [9.17, 15) is 0 Å². The van der Waals surface area contributed by atoms with Gasteiger partial charge in [-0.2, -0.15) is 0 Å². The minimum atomic E-state index is 0.419. The molecule has 0 unspecified atom stereocenters. The fourth-order valence-corrected chi connectivity index (χ4v) is 1.84. The Balaban J connectivity index is 2.56. The lowest BCUT2D eigenvalue weighted by atomic mass is 10.1. The van der Waals surface area contributed by atoms with Gasteiger partial charge in [0.25, 0.3) is 0 Å². The molecule has 0 spiro atoms. The van der Waals surface area contributed by atoms with Crippen LogP contribution in [0, 0.1) is 11.8 Å². The summed E-state index contributed by atoms with van der Waals surface area (Å²) in [5, 5.41) is 0. The molecule has 18 heavy (non-hydrogen) atoms. The molecule has 1 aromatic rings. The lowest BCUT2D eigenvalue weighted by molar-refractivity contribution is 0.275. The zero-order valence-electron chi connectivity index (χ0n) is 11.6. The van der Waals surface area contributed by atoms with E-state index >= 15 is 0 Å². The molecule has 0 radical (unpaired) electrons. The van der Waals surface area contributed by atoms with Crippen molar-refractivity contribution in [3.63, 3.8) is 0 Å². The van der Waals surface area contributed by atoms with Crippen LogP contribution < -0.4 is 5.73 Å². The van der Waals surface area contributed by atoms with Crippen molar-refractivity contribution in [2.24, 2.45) is 5.73 Å². The van der Waals surface area contributed by atoms with Gasteiger partial charge in [0.2, 0.25) is 0 Å². The Morgan fingerprint density at radius 1 is 1.17 bits per heavy atom. The monoisotopic (exact) mass is 244 g/mol. The quantitative estimate of drug-likeness (QED) is 0.779. The van der Waals surface area contributed by atoms with Crippen molar-refractivity contribution < 1.29 is 0 Å². The van der Waals surface area contributed by atoms with E-state index in [-0.39, 0.29) is 0 Å². The van der Waals surface area contributed by atoms with Gasteiger partial charge >= 0.3 is 0 Å². The van der Waals surface area contributed by atoms with Crippen molar-refractivity contribution in [3.8, 4) is 11.8 Å². The van der Waals surface area contributed by atoms with Crippen molar-refractivity contribution in [1.29, 1.82) is 0 Å². The predicted octanol–water partition coefficient (Wildman–Crippen LogP) is 2.62. The third-order valence-corrected chi connectivity index (χ3v) is 2.97. The van der Waals surface area contributed by atoms with E-state index < -0.39 is 0 Å². The molecule has 0 aliphatic heterocycles. The van der Waals surface area contributed by atoms with Crippen LogP contribution in [0.15, 0.2) is 24.3 Å². The molecule has 0 aromatic heterocycles. The zero-order valence-corrected chi connectivity index (χ0v) is 11.6. The zero-order chi connectivity index (χ0) is 13.2. The highest BCUT2D eigenvalue weighted by Crippen LogP contribution is 2.08. The molecular formula is C16H24N2. The van der Waals surface area contributed by atoms with E-state index in [1.165, 1.54) is 24.9 Å². The minimum Gasteiger partial charge on any atom is -0.320 e. The predicted molar refractivity (Wildman–Crippen MR) is 78.2 cm³/mol. The molecule has 1 rings (SSSR count). The molecule has 0 saturated heterocycles. The Bertz CT molecular complexity index is 384. The maximum absolute atomic E-state index is 5.36. The Morgan fingerprint density at radius 3 is 2.44 bits per heavy atom. The van der Waals surface area contributed by atoms with E-state index in [4.69, 9.17) is 5.73 Å². The maximum atomic E-state index is 5.36. The summed E-state index contributed by atoms with van der Waals surface area (Å²) < 4.78 is 0. The summed E-state index contributed by atoms with van der Waals surface area (Å²) in [6.45, 7) is 8.19. The first-order chi connectivity index (χ1) is 8.80. The molecule has 0 amide bonds. The Kier molecular flexibility index (Phi) is 7.17. The van der Waals surface area contributed by atoms with Crippen LogP contribution in [0.5, 0.6) is 0 Å². The topological polar surface area (TPSA) is 29.3 Å². The maximum Gasteiger partial charge on any atom is 0.0555 e. The summed E-state index contributed by atoms with van der Waals surface area (Å²) in [4.78, 5) is 2.48. The normalized spacial score (nSPS) is 10.2. The van der Waals surface area contributed by atoms with Crippen molar-refractivity contribution in [1.82, 2.24) is 4.90 Å². The van der Waals surface area contributed by atoms with Crippen LogP contribution in [0.25, 0.3) is 0 Å². The van der Waals surface area contributed by atoms with Crippen LogP contribution in [-0.4, -0.2) is 24.5 Å². The number of hydrogen-bond donors (Lipinski definition) is 1. The molecule has 0 aliphatic carbocycles. The second kappa shape index (κ2) is 8.74. The highest BCUT2D eigenvalue weighted by molar-refractivity contribution is 5.36. The molecule has 2 heteroatoms. The van der Waals surface area contributed by atoms with Gasteiger partial charge in [0.1, 0.15) is 0 Å². The number of nitrogens with zero attached hydrogens (tertiary/aromatic N) is 1. The summed E-state index contributed by atoms with van der Waals surface area (Å²) in [7, 11) is 0. The SMILES string of the molecule is CCCCN(CC)Cc1ccc(C#CCN)cc1. The lowest BCUT2D eigenvalue weighted by Gasteiger charge is -2.20. The highest BCUT2D eigenvalue weighted by Gasteiger charge is 2.02. The number of hydrogen-bond acceptors (Lipinski definition) is 2. The first-order valence-electron chi connectivity index (χ1n) is 6.80. The first-order valence-corrected chi connectivity index (χ1v) is 6.80. The molecule has 2 N–H and O–H groups in total. The minimum absolute atomic E-state index is 0.419. The molecule has 0 atom stereocenters. The van der Waals surface area contributed by atoms with Crippen molar-refractivity contribution in [2.75, 3.05) is 19.6 Å². The molecule has 1 aromatic carbocycles. The summed E-state index contributed by atoms with van der Waals surface area (Å²) >= 11 is 0. The molecule has 0 fully saturated rings. The van der Waals surface area contributed by atoms with Crippen LogP contribution >= 0.6 is 0 Å². The van der Waals surface area contributed by atoms with Gasteiger partial charge in [-0.05, 0) is 37.2 Å². The van der Waals surface area contributed by atoms with Gasteiger partial charge in [0.15, 0.2) is 0 Å². The Labute approximate surface area is 111 Å². The summed E-state index contributed by atoms with van der Waals surface area (Å²) in [5.74, 6) is 5.92. The van der Waals surface area contributed by atoms with Crippen LogP contribution in [-0.2, 0) is 6.54 Å². The standard InChI is InChI=1S/C16H24N2/c1-3-5-13-18(4-2)14-16-10-8-15(9-11-16)7-6-12-17/h8-11H,3-5,12-14,17H2,1-2H3. The molecule has 0 aliphatic rings. The summed E-state index contributed by atoms with van der Waals surface area (Å²) in [6, 6.07) is 8.47. The van der Waals surface area contributed by atoms with E-state index in [0.717, 1.165) is 18.7 Å². The molecular weight excluding hydrogens is 220 g/mol. The lowest BCUT2D eigenvalue weighted by Crippen LogP contribution is -2.23. The molecule has 2 nitrogen and oxygen atoms in total. The third kappa shape index (κ3) is 5.35. The fourth-order valence-electron chi connectivity index (χ4n) is 1.84. The number of nitrogens with two attached hydrogens (primary N) is 1. The van der Waals surface area contributed by atoms with E-state index in [2.05, 4.69) is 54.9 Å². The molecule has 0 heterocycles. The Morgan fingerprint density at radius 2 is 1.89 bits per heavy atom. The van der Waals surface area contributed by atoms with Gasteiger partial charge in [-0.1, -0.05) is 44.2 Å². The summed E-state index contributed by atoms with van der Waals surface area (Å²) in [6.07, 6.45) is 2.53. The van der Waals surface area contributed by atoms with Crippen LogP contribution in [0.1, 0.15) is 37.8 Å². The van der Waals surface area contributed by atoms with Crippen molar-refractivity contribution in [2.45, 2.75) is 33.2 Å². The number of rotatable bonds is 6. The third-order valence-electron chi connectivity index (χ3n) is 2.97. The first kappa shape index (κ1) is 14.8. The van der Waals surface area contributed by atoms with Gasteiger partial charge < -0.3 is 5.73 Å². The van der Waals surface area contributed by atoms with Gasteiger partial charge in [0, 0.05) is 12.1 Å². The van der Waals surface area contributed by atoms with Crippen LogP contribution in [0.3, 0.4) is 0 Å². The number of benzene rings is 1. The molecule has 0 bridgehead atoms. The van der Waals surface area contributed by atoms with Crippen molar-refractivity contribution >= 4 is 0 Å². The molecule has 0 saturated carbocycles. The average Bonchev–Trinajstić information content (AvgIpc) is 2.42. The Hall–Kier alpha value is -1.30. The average molecular weight is 244 g/mol. The van der Waals surface area contributed by atoms with E-state index in [0.29, 0.717) is 6.54 Å². The van der Waals surface area contributed by atoms with Gasteiger partial charge in [-0.25, -0.2) is 0 Å². The number of unbranched alkanes of at least 4 members (excludes halogenated alkanes) is 1. The van der Waals surface area contributed by atoms with Crippen LogP contribution in [0.4, 0.5) is 0 Å². The second-order valence-corrected chi connectivity index (χ2v) is 4.43. The molecule has 98 valence electrons. The fraction of sp³-hybridized carbons (Fsp3) is 0.500. The van der Waals surface area contributed by atoms with Gasteiger partial charge in [-0.3, -0.25) is 4.90 Å².